The van der Waals surface area contributed by atoms with Gasteiger partial charge in [-0.3, -0.25) is 0 Å². The first-order valence-corrected chi connectivity index (χ1v) is 8.39. The second kappa shape index (κ2) is 8.51. The van der Waals surface area contributed by atoms with Crippen LogP contribution >= 0.6 is 0 Å². The number of halogens is 2. The summed E-state index contributed by atoms with van der Waals surface area (Å²) in [5.74, 6) is 0.261. The van der Waals surface area contributed by atoms with Gasteiger partial charge in [0.2, 0.25) is 5.90 Å². The van der Waals surface area contributed by atoms with Gasteiger partial charge in [0.05, 0.1) is 13.7 Å². The smallest absolute Gasteiger partial charge is 0.387 e. The first-order chi connectivity index (χ1) is 13.5. The van der Waals surface area contributed by atoms with Crippen molar-refractivity contribution in [1.82, 2.24) is 0 Å². The summed E-state index contributed by atoms with van der Waals surface area (Å²) in [5.41, 5.74) is 0.965. The number of hydrogen-bond donors (Lipinski definition) is 0. The fourth-order valence-corrected chi connectivity index (χ4v) is 2.62. The van der Waals surface area contributed by atoms with Crippen LogP contribution in [-0.2, 0) is 9.53 Å². The maximum absolute atomic E-state index is 12.4. The molecule has 0 spiro atoms. The van der Waals surface area contributed by atoms with Crippen LogP contribution in [-0.4, -0.2) is 32.2 Å². The van der Waals surface area contributed by atoms with Crippen molar-refractivity contribution in [3.05, 3.63) is 59.3 Å². The van der Waals surface area contributed by atoms with Gasteiger partial charge in [-0.1, -0.05) is 18.2 Å². The molecule has 0 aromatic heterocycles. The normalized spacial score (nSPS) is 14.8. The highest BCUT2D eigenvalue weighted by molar-refractivity contribution is 6.13. The molecule has 1 aliphatic rings. The summed E-state index contributed by atoms with van der Waals surface area (Å²) in [6, 6.07) is 11.0. The Morgan fingerprint density at radius 2 is 2.00 bits per heavy atom. The van der Waals surface area contributed by atoms with Gasteiger partial charge in [0.25, 0.3) is 0 Å². The fourth-order valence-electron chi connectivity index (χ4n) is 2.62. The molecule has 0 saturated carbocycles. The number of cyclic esters (lactones) is 1. The Bertz CT molecular complexity index is 940. The number of benzene rings is 2. The molecule has 3 rings (SSSR count). The molecule has 0 N–H and O–H groups in total. The van der Waals surface area contributed by atoms with E-state index in [9.17, 15) is 13.6 Å². The van der Waals surface area contributed by atoms with Crippen LogP contribution in [0.1, 0.15) is 18.1 Å². The van der Waals surface area contributed by atoms with E-state index in [0.717, 1.165) is 0 Å². The zero-order valence-corrected chi connectivity index (χ0v) is 15.1. The van der Waals surface area contributed by atoms with E-state index in [2.05, 4.69) is 9.73 Å². The standard InChI is InChI=1S/C20H17F2NO5/c1-3-26-16-9-5-6-12(17(16)25-2)11-15-19(24)28-18(23-15)13-7-4-8-14(10-13)27-20(21)22/h4-11,20H,3H2,1-2H3/b15-11-. The molecule has 0 bridgehead atoms. The fraction of sp³-hybridized carbons (Fsp3) is 0.200. The first kappa shape index (κ1) is 19.3. The average Bonchev–Trinajstić information content (AvgIpc) is 3.03. The van der Waals surface area contributed by atoms with Crippen molar-refractivity contribution in [2.45, 2.75) is 13.5 Å². The summed E-state index contributed by atoms with van der Waals surface area (Å²) < 4.78 is 45.2. The minimum Gasteiger partial charge on any atom is -0.492 e. The lowest BCUT2D eigenvalue weighted by Crippen LogP contribution is -2.07. The number of carbonyl (C=O) groups excluding carboxylic acids is 1. The second-order valence-electron chi connectivity index (χ2n) is 5.55. The van der Waals surface area contributed by atoms with E-state index >= 15 is 0 Å². The predicted molar refractivity (Wildman–Crippen MR) is 97.8 cm³/mol. The van der Waals surface area contributed by atoms with Crippen LogP contribution in [0, 0.1) is 0 Å². The van der Waals surface area contributed by atoms with Crippen LogP contribution in [0.4, 0.5) is 8.78 Å². The lowest BCUT2D eigenvalue weighted by atomic mass is 10.1. The van der Waals surface area contributed by atoms with E-state index in [4.69, 9.17) is 14.2 Å². The maximum atomic E-state index is 12.4. The minimum absolute atomic E-state index is 0.00380. The molecule has 0 radical (unpaired) electrons. The number of nitrogens with zero attached hydrogens (tertiary/aromatic N) is 1. The Morgan fingerprint density at radius 3 is 2.71 bits per heavy atom. The lowest BCUT2D eigenvalue weighted by molar-refractivity contribution is -0.129. The number of ether oxygens (including phenoxy) is 4. The third-order valence-electron chi connectivity index (χ3n) is 3.73. The van der Waals surface area contributed by atoms with Gasteiger partial charge >= 0.3 is 12.6 Å². The highest BCUT2D eigenvalue weighted by atomic mass is 19.3. The maximum Gasteiger partial charge on any atom is 0.387 e. The summed E-state index contributed by atoms with van der Waals surface area (Å²) in [4.78, 5) is 16.4. The van der Waals surface area contributed by atoms with E-state index < -0.39 is 12.6 Å². The van der Waals surface area contributed by atoms with E-state index in [0.29, 0.717) is 29.2 Å². The van der Waals surface area contributed by atoms with Gasteiger partial charge in [0.1, 0.15) is 5.75 Å². The van der Waals surface area contributed by atoms with Crippen molar-refractivity contribution in [3.63, 3.8) is 0 Å². The number of hydrogen-bond acceptors (Lipinski definition) is 6. The molecule has 0 unspecified atom stereocenters. The number of alkyl halides is 2. The molecule has 2 aromatic rings. The molecule has 1 heterocycles. The number of aliphatic imine (C=N–C) groups is 1. The number of esters is 1. The van der Waals surface area contributed by atoms with E-state index in [1.165, 1.54) is 31.4 Å². The van der Waals surface area contributed by atoms with Crippen molar-refractivity contribution in [2.75, 3.05) is 13.7 Å². The quantitative estimate of drug-likeness (QED) is 0.528. The van der Waals surface area contributed by atoms with Crippen molar-refractivity contribution < 1.29 is 32.5 Å². The molecule has 0 aliphatic carbocycles. The van der Waals surface area contributed by atoms with Crippen molar-refractivity contribution in [1.29, 1.82) is 0 Å². The topological polar surface area (TPSA) is 66.3 Å². The summed E-state index contributed by atoms with van der Waals surface area (Å²) in [6.07, 6.45) is 1.51. The molecule has 1 aliphatic heterocycles. The van der Waals surface area contributed by atoms with Crippen LogP contribution in [0.5, 0.6) is 17.2 Å². The highest BCUT2D eigenvalue weighted by Gasteiger charge is 2.25. The van der Waals surface area contributed by atoms with Gasteiger partial charge in [-0.15, -0.1) is 0 Å². The minimum atomic E-state index is -2.95. The monoisotopic (exact) mass is 389 g/mol. The highest BCUT2D eigenvalue weighted by Crippen LogP contribution is 2.33. The largest absolute Gasteiger partial charge is 0.492 e. The Kier molecular flexibility index (Phi) is 5.88. The number of para-hydroxylation sites is 1. The summed E-state index contributed by atoms with van der Waals surface area (Å²) in [5, 5.41) is 0. The Morgan fingerprint density at radius 1 is 1.21 bits per heavy atom. The molecular formula is C20H17F2NO5. The number of carbonyl (C=O) groups is 1. The van der Waals surface area contributed by atoms with E-state index in [1.807, 2.05) is 6.92 Å². The number of methoxy groups -OCH3 is 1. The molecule has 2 aromatic carbocycles. The Labute approximate surface area is 160 Å². The summed E-state index contributed by atoms with van der Waals surface area (Å²) in [7, 11) is 1.50. The molecule has 0 amide bonds. The van der Waals surface area contributed by atoms with Crippen LogP contribution in [0.3, 0.4) is 0 Å². The summed E-state index contributed by atoms with van der Waals surface area (Å²) >= 11 is 0. The van der Waals surface area contributed by atoms with Crippen LogP contribution in [0.25, 0.3) is 6.08 Å². The van der Waals surface area contributed by atoms with Crippen molar-refractivity contribution in [2.24, 2.45) is 4.99 Å². The second-order valence-corrected chi connectivity index (χ2v) is 5.55. The first-order valence-electron chi connectivity index (χ1n) is 8.39. The number of rotatable bonds is 7. The molecule has 28 heavy (non-hydrogen) atoms. The molecule has 0 saturated heterocycles. The van der Waals surface area contributed by atoms with Gasteiger partial charge in [-0.2, -0.15) is 8.78 Å². The third kappa shape index (κ3) is 4.28. The van der Waals surface area contributed by atoms with E-state index in [-0.39, 0.29) is 17.3 Å². The molecule has 8 heteroatoms. The van der Waals surface area contributed by atoms with Gasteiger partial charge < -0.3 is 18.9 Å². The summed E-state index contributed by atoms with van der Waals surface area (Å²) in [6.45, 7) is -0.650. The SMILES string of the molecule is CCOc1cccc(/C=C2\N=C(c3cccc(OC(F)F)c3)OC2=O)c1OC. The van der Waals surface area contributed by atoms with Gasteiger partial charge in [-0.25, -0.2) is 9.79 Å². The zero-order chi connectivity index (χ0) is 20.1. The van der Waals surface area contributed by atoms with Crippen molar-refractivity contribution >= 4 is 17.9 Å². The third-order valence-corrected chi connectivity index (χ3v) is 3.73. The Balaban J connectivity index is 1.93. The molecular weight excluding hydrogens is 372 g/mol. The van der Waals surface area contributed by atoms with Crippen LogP contribution < -0.4 is 14.2 Å². The van der Waals surface area contributed by atoms with Crippen molar-refractivity contribution in [3.8, 4) is 17.2 Å². The van der Waals surface area contributed by atoms with E-state index in [1.54, 1.807) is 24.3 Å². The van der Waals surface area contributed by atoms with Crippen LogP contribution in [0.15, 0.2) is 53.2 Å². The Hall–Kier alpha value is -3.42. The van der Waals surface area contributed by atoms with Gasteiger partial charge in [-0.05, 0) is 37.3 Å². The molecule has 0 atom stereocenters. The zero-order valence-electron chi connectivity index (χ0n) is 15.1. The average molecular weight is 389 g/mol. The van der Waals surface area contributed by atoms with Gasteiger partial charge in [0.15, 0.2) is 17.2 Å². The van der Waals surface area contributed by atoms with Crippen LogP contribution in [0.2, 0.25) is 0 Å². The molecule has 146 valence electrons. The lowest BCUT2D eigenvalue weighted by Gasteiger charge is -2.11. The molecule has 0 fully saturated rings. The molecule has 6 nitrogen and oxygen atoms in total. The van der Waals surface area contributed by atoms with Gasteiger partial charge in [0, 0.05) is 11.1 Å². The predicted octanol–water partition coefficient (Wildman–Crippen LogP) is 4.04.